The summed E-state index contributed by atoms with van der Waals surface area (Å²) in [5.41, 5.74) is 0. The molecule has 0 amide bonds. The molecule has 0 saturated heterocycles. The summed E-state index contributed by atoms with van der Waals surface area (Å²) in [5.74, 6) is 0.583. The lowest BCUT2D eigenvalue weighted by Gasteiger charge is -2.28. The Morgan fingerprint density at radius 2 is 2.08 bits per heavy atom. The van der Waals surface area contributed by atoms with Crippen molar-refractivity contribution in [3.8, 4) is 0 Å². The molecule has 2 heteroatoms. The zero-order chi connectivity index (χ0) is 9.35. The normalized spacial score (nSPS) is 30.8. The van der Waals surface area contributed by atoms with E-state index in [0.29, 0.717) is 12.2 Å². The Morgan fingerprint density at radius 1 is 1.50 bits per heavy atom. The van der Waals surface area contributed by atoms with Crippen LogP contribution in [-0.4, -0.2) is 10.7 Å². The van der Waals surface area contributed by atoms with Gasteiger partial charge in [0.1, 0.15) is 5.78 Å². The number of Topliss-reactive ketones (excluding diaryl/α,β-unsaturated/α-hetero) is 1. The van der Waals surface area contributed by atoms with Crippen molar-refractivity contribution in [2.24, 2.45) is 11.8 Å². The summed E-state index contributed by atoms with van der Waals surface area (Å²) < 4.78 is 0. The van der Waals surface area contributed by atoms with E-state index in [4.69, 9.17) is 11.6 Å². The lowest BCUT2D eigenvalue weighted by Crippen LogP contribution is -2.30. The molecule has 0 spiro atoms. The standard InChI is InChI=1S/C10H15ClO/c1-7-4-5-8(6-9(7)12)10(2,3)11/h4-5,7-8H,6H2,1-3H3. The highest BCUT2D eigenvalue weighted by Crippen LogP contribution is 2.32. The maximum Gasteiger partial charge on any atom is 0.140 e. The van der Waals surface area contributed by atoms with Gasteiger partial charge in [0.05, 0.1) is 0 Å². The number of halogens is 1. The highest BCUT2D eigenvalue weighted by atomic mass is 35.5. The SMILES string of the molecule is CC1C=CC(C(C)(C)Cl)CC1=O. The van der Waals surface area contributed by atoms with E-state index in [9.17, 15) is 4.79 Å². The molecule has 2 atom stereocenters. The van der Waals surface area contributed by atoms with Crippen molar-refractivity contribution in [2.45, 2.75) is 32.1 Å². The van der Waals surface area contributed by atoms with Crippen LogP contribution in [0.4, 0.5) is 0 Å². The van der Waals surface area contributed by atoms with Crippen LogP contribution in [0.15, 0.2) is 12.2 Å². The van der Waals surface area contributed by atoms with Crippen molar-refractivity contribution in [1.29, 1.82) is 0 Å². The summed E-state index contributed by atoms with van der Waals surface area (Å²) in [7, 11) is 0. The van der Waals surface area contributed by atoms with E-state index in [0.717, 1.165) is 0 Å². The van der Waals surface area contributed by atoms with Crippen molar-refractivity contribution in [2.75, 3.05) is 0 Å². The zero-order valence-corrected chi connectivity index (χ0v) is 8.56. The largest absolute Gasteiger partial charge is 0.299 e. The third-order valence-electron chi connectivity index (χ3n) is 2.44. The Bertz CT molecular complexity index is 212. The van der Waals surface area contributed by atoms with Gasteiger partial charge in [0.15, 0.2) is 0 Å². The summed E-state index contributed by atoms with van der Waals surface area (Å²) >= 11 is 6.12. The molecule has 0 N–H and O–H groups in total. The van der Waals surface area contributed by atoms with Gasteiger partial charge in [0, 0.05) is 23.1 Å². The lowest BCUT2D eigenvalue weighted by molar-refractivity contribution is -0.122. The van der Waals surface area contributed by atoms with Crippen LogP contribution in [-0.2, 0) is 4.79 Å². The minimum absolute atomic E-state index is 0.0836. The molecule has 68 valence electrons. The van der Waals surface area contributed by atoms with E-state index in [1.807, 2.05) is 26.8 Å². The Morgan fingerprint density at radius 3 is 2.50 bits per heavy atom. The van der Waals surface area contributed by atoms with Crippen molar-refractivity contribution in [3.63, 3.8) is 0 Å². The second-order valence-electron chi connectivity index (χ2n) is 4.01. The van der Waals surface area contributed by atoms with Crippen LogP contribution in [0.2, 0.25) is 0 Å². The number of carbonyl (C=O) groups excluding carboxylic acids is 1. The molecule has 1 rings (SSSR count). The van der Waals surface area contributed by atoms with Gasteiger partial charge in [-0.05, 0) is 13.8 Å². The second kappa shape index (κ2) is 3.21. The highest BCUT2D eigenvalue weighted by molar-refractivity contribution is 6.23. The smallest absolute Gasteiger partial charge is 0.140 e. The summed E-state index contributed by atoms with van der Waals surface area (Å²) in [5, 5.41) is 0. The monoisotopic (exact) mass is 186 g/mol. The number of ketones is 1. The third kappa shape index (κ3) is 2.10. The molecule has 0 aromatic heterocycles. The van der Waals surface area contributed by atoms with Gasteiger partial charge in [0.2, 0.25) is 0 Å². The van der Waals surface area contributed by atoms with Crippen LogP contribution in [0.25, 0.3) is 0 Å². The molecule has 2 unspecified atom stereocenters. The fourth-order valence-corrected chi connectivity index (χ4v) is 1.50. The van der Waals surface area contributed by atoms with Gasteiger partial charge in [-0.25, -0.2) is 0 Å². The Labute approximate surface area is 78.8 Å². The van der Waals surface area contributed by atoms with E-state index >= 15 is 0 Å². The Balaban J connectivity index is 2.74. The van der Waals surface area contributed by atoms with Crippen LogP contribution in [0.3, 0.4) is 0 Å². The maximum atomic E-state index is 11.3. The minimum Gasteiger partial charge on any atom is -0.299 e. The van der Waals surface area contributed by atoms with E-state index < -0.39 is 0 Å². The lowest BCUT2D eigenvalue weighted by atomic mass is 9.82. The van der Waals surface area contributed by atoms with Crippen molar-refractivity contribution in [3.05, 3.63) is 12.2 Å². The molecule has 0 fully saturated rings. The first-order valence-electron chi connectivity index (χ1n) is 4.31. The van der Waals surface area contributed by atoms with Gasteiger partial charge in [-0.1, -0.05) is 19.1 Å². The summed E-state index contributed by atoms with van der Waals surface area (Å²) in [6.45, 7) is 5.83. The minimum atomic E-state index is -0.299. The zero-order valence-electron chi connectivity index (χ0n) is 7.80. The summed E-state index contributed by atoms with van der Waals surface area (Å²) in [4.78, 5) is 11.0. The molecule has 0 aromatic carbocycles. The predicted molar refractivity (Wildman–Crippen MR) is 51.4 cm³/mol. The van der Waals surface area contributed by atoms with Gasteiger partial charge in [0.25, 0.3) is 0 Å². The first kappa shape index (κ1) is 9.79. The van der Waals surface area contributed by atoms with E-state index in [1.165, 1.54) is 0 Å². The number of carbonyl (C=O) groups is 1. The number of allylic oxidation sites excluding steroid dienone is 2. The van der Waals surface area contributed by atoms with Crippen LogP contribution < -0.4 is 0 Å². The van der Waals surface area contributed by atoms with Crippen molar-refractivity contribution < 1.29 is 4.79 Å². The molecular weight excluding hydrogens is 172 g/mol. The number of rotatable bonds is 1. The van der Waals surface area contributed by atoms with Gasteiger partial charge < -0.3 is 0 Å². The molecule has 0 saturated carbocycles. The van der Waals surface area contributed by atoms with Crippen LogP contribution in [0.1, 0.15) is 27.2 Å². The summed E-state index contributed by atoms with van der Waals surface area (Å²) in [6, 6.07) is 0. The van der Waals surface area contributed by atoms with E-state index in [2.05, 4.69) is 6.08 Å². The first-order chi connectivity index (χ1) is 5.41. The molecule has 0 radical (unpaired) electrons. The second-order valence-corrected chi connectivity index (χ2v) is 4.99. The third-order valence-corrected chi connectivity index (χ3v) is 2.72. The predicted octanol–water partition coefficient (Wildman–Crippen LogP) is 2.79. The molecule has 12 heavy (non-hydrogen) atoms. The van der Waals surface area contributed by atoms with Gasteiger partial charge >= 0.3 is 0 Å². The first-order valence-corrected chi connectivity index (χ1v) is 4.69. The van der Waals surface area contributed by atoms with Crippen molar-refractivity contribution in [1.82, 2.24) is 0 Å². The maximum absolute atomic E-state index is 11.3. The van der Waals surface area contributed by atoms with Crippen molar-refractivity contribution >= 4 is 17.4 Å². The molecule has 1 nitrogen and oxygen atoms in total. The molecule has 1 aliphatic carbocycles. The molecular formula is C10H15ClO. The Hall–Kier alpha value is -0.300. The van der Waals surface area contributed by atoms with Crippen LogP contribution in [0.5, 0.6) is 0 Å². The quantitative estimate of drug-likeness (QED) is 0.455. The molecule has 0 heterocycles. The van der Waals surface area contributed by atoms with E-state index in [-0.39, 0.29) is 16.7 Å². The Kier molecular flexibility index (Phi) is 2.62. The number of hydrogen-bond donors (Lipinski definition) is 0. The van der Waals surface area contributed by atoms with Gasteiger partial charge in [-0.15, -0.1) is 11.6 Å². The molecule has 0 bridgehead atoms. The van der Waals surface area contributed by atoms with Crippen LogP contribution >= 0.6 is 11.6 Å². The van der Waals surface area contributed by atoms with Gasteiger partial charge in [-0.3, -0.25) is 4.79 Å². The number of hydrogen-bond acceptors (Lipinski definition) is 1. The number of alkyl halides is 1. The van der Waals surface area contributed by atoms with E-state index in [1.54, 1.807) is 0 Å². The fraction of sp³-hybridized carbons (Fsp3) is 0.700. The molecule has 1 aliphatic rings. The van der Waals surface area contributed by atoms with Crippen LogP contribution in [0, 0.1) is 11.8 Å². The van der Waals surface area contributed by atoms with Gasteiger partial charge in [-0.2, -0.15) is 0 Å². The summed E-state index contributed by atoms with van der Waals surface area (Å²) in [6.07, 6.45) is 4.62. The highest BCUT2D eigenvalue weighted by Gasteiger charge is 2.30. The molecule has 0 aliphatic heterocycles. The fourth-order valence-electron chi connectivity index (χ4n) is 1.35. The molecule has 0 aromatic rings. The average molecular weight is 187 g/mol. The topological polar surface area (TPSA) is 17.1 Å². The average Bonchev–Trinajstić information content (AvgIpc) is 1.92.